The normalized spacial score (nSPS) is 10.8. The number of nitrogens with zero attached hydrogens (tertiary/aromatic N) is 1. The van der Waals surface area contributed by atoms with E-state index in [0.29, 0.717) is 24.7 Å². The maximum Gasteiger partial charge on any atom is 0.251 e. The van der Waals surface area contributed by atoms with Gasteiger partial charge in [-0.1, -0.05) is 22.0 Å². The summed E-state index contributed by atoms with van der Waals surface area (Å²) in [5.41, 5.74) is 0.643. The molecule has 0 atom stereocenters. The maximum absolute atomic E-state index is 11.9. The molecule has 0 spiro atoms. The van der Waals surface area contributed by atoms with Crippen molar-refractivity contribution in [3.05, 3.63) is 34.3 Å². The molecule has 0 heterocycles. The zero-order valence-corrected chi connectivity index (χ0v) is 16.4. The van der Waals surface area contributed by atoms with Gasteiger partial charge in [0.2, 0.25) is 0 Å². The van der Waals surface area contributed by atoms with Crippen LogP contribution in [0.2, 0.25) is 0 Å². The van der Waals surface area contributed by atoms with E-state index in [-0.39, 0.29) is 29.9 Å². The predicted octanol–water partition coefficient (Wildman–Crippen LogP) is 2.37. The predicted molar refractivity (Wildman–Crippen MR) is 102 cm³/mol. The minimum atomic E-state index is -0.0834. The molecule has 1 aromatic carbocycles. The minimum Gasteiger partial charge on any atom is -0.355 e. The SMILES string of the molecule is CN=C(NCCNC(=O)c1cccc(Br)c1)NC(C)C.I. The van der Waals surface area contributed by atoms with Gasteiger partial charge in [-0.15, -0.1) is 24.0 Å². The van der Waals surface area contributed by atoms with Gasteiger partial charge in [0.05, 0.1) is 0 Å². The molecule has 1 aromatic rings. The highest BCUT2D eigenvalue weighted by Crippen LogP contribution is 2.11. The molecule has 0 aliphatic heterocycles. The molecule has 1 amide bonds. The van der Waals surface area contributed by atoms with Crippen LogP contribution in [0.1, 0.15) is 24.2 Å². The average Bonchev–Trinajstić information content (AvgIpc) is 2.41. The molecule has 7 heteroatoms. The van der Waals surface area contributed by atoms with Crippen LogP contribution in [0.5, 0.6) is 0 Å². The van der Waals surface area contributed by atoms with E-state index in [9.17, 15) is 4.79 Å². The lowest BCUT2D eigenvalue weighted by Crippen LogP contribution is -2.44. The first-order chi connectivity index (χ1) is 9.52. The van der Waals surface area contributed by atoms with Crippen LogP contribution in [0.15, 0.2) is 33.7 Å². The Labute approximate surface area is 151 Å². The van der Waals surface area contributed by atoms with Crippen LogP contribution in [0.3, 0.4) is 0 Å². The fourth-order valence-corrected chi connectivity index (χ4v) is 1.96. The molecule has 0 fully saturated rings. The third-order valence-corrected chi connectivity index (χ3v) is 2.93. The van der Waals surface area contributed by atoms with E-state index in [4.69, 9.17) is 0 Å². The number of amides is 1. The summed E-state index contributed by atoms with van der Waals surface area (Å²) in [5.74, 6) is 0.650. The number of guanidine groups is 1. The van der Waals surface area contributed by atoms with E-state index < -0.39 is 0 Å². The third kappa shape index (κ3) is 8.25. The molecule has 1 rings (SSSR count). The second-order valence-corrected chi connectivity index (χ2v) is 5.48. The van der Waals surface area contributed by atoms with Gasteiger partial charge in [0.1, 0.15) is 0 Å². The molecule has 118 valence electrons. The Morgan fingerprint density at radius 3 is 2.52 bits per heavy atom. The lowest BCUT2D eigenvalue weighted by atomic mass is 10.2. The zero-order valence-electron chi connectivity index (χ0n) is 12.4. The van der Waals surface area contributed by atoms with Crippen LogP contribution in [0.25, 0.3) is 0 Å². The van der Waals surface area contributed by atoms with Gasteiger partial charge < -0.3 is 16.0 Å². The van der Waals surface area contributed by atoms with Gasteiger partial charge in [-0.3, -0.25) is 9.79 Å². The van der Waals surface area contributed by atoms with E-state index in [0.717, 1.165) is 10.4 Å². The van der Waals surface area contributed by atoms with Crippen molar-refractivity contribution in [2.45, 2.75) is 19.9 Å². The number of carbonyl (C=O) groups excluding carboxylic acids is 1. The summed E-state index contributed by atoms with van der Waals surface area (Å²) >= 11 is 3.35. The smallest absolute Gasteiger partial charge is 0.251 e. The fraction of sp³-hybridized carbons (Fsp3) is 0.429. The van der Waals surface area contributed by atoms with Gasteiger partial charge in [0, 0.05) is 36.2 Å². The molecule has 0 aromatic heterocycles. The molecule has 0 bridgehead atoms. The summed E-state index contributed by atoms with van der Waals surface area (Å²) in [6.07, 6.45) is 0. The first-order valence-corrected chi connectivity index (χ1v) is 7.33. The minimum absolute atomic E-state index is 0. The lowest BCUT2D eigenvalue weighted by molar-refractivity contribution is 0.0954. The summed E-state index contributed by atoms with van der Waals surface area (Å²) in [6, 6.07) is 7.62. The van der Waals surface area contributed by atoms with E-state index in [1.54, 1.807) is 19.2 Å². The largest absolute Gasteiger partial charge is 0.355 e. The first-order valence-electron chi connectivity index (χ1n) is 6.54. The number of nitrogens with one attached hydrogen (secondary N) is 3. The van der Waals surface area contributed by atoms with Crippen molar-refractivity contribution < 1.29 is 4.79 Å². The van der Waals surface area contributed by atoms with Crippen molar-refractivity contribution in [3.63, 3.8) is 0 Å². The van der Waals surface area contributed by atoms with Crippen molar-refractivity contribution in [1.29, 1.82) is 0 Å². The second kappa shape index (κ2) is 10.8. The molecule has 3 N–H and O–H groups in total. The highest BCUT2D eigenvalue weighted by molar-refractivity contribution is 14.0. The molecule has 0 saturated carbocycles. The van der Waals surface area contributed by atoms with E-state index in [1.807, 2.05) is 26.0 Å². The van der Waals surface area contributed by atoms with E-state index in [1.165, 1.54) is 0 Å². The van der Waals surface area contributed by atoms with Gasteiger partial charge in [-0.2, -0.15) is 0 Å². The summed E-state index contributed by atoms with van der Waals surface area (Å²) < 4.78 is 0.893. The van der Waals surface area contributed by atoms with Gasteiger partial charge in [-0.25, -0.2) is 0 Å². The Morgan fingerprint density at radius 1 is 1.29 bits per heavy atom. The Kier molecular flexibility index (Phi) is 10.4. The van der Waals surface area contributed by atoms with Crippen molar-refractivity contribution >= 4 is 51.8 Å². The van der Waals surface area contributed by atoms with E-state index >= 15 is 0 Å². The molecule has 0 aliphatic carbocycles. The molecule has 5 nitrogen and oxygen atoms in total. The Morgan fingerprint density at radius 2 is 1.95 bits per heavy atom. The quantitative estimate of drug-likeness (QED) is 0.269. The van der Waals surface area contributed by atoms with Crippen LogP contribution < -0.4 is 16.0 Å². The Hall–Kier alpha value is -0.830. The van der Waals surface area contributed by atoms with Crippen LogP contribution >= 0.6 is 39.9 Å². The summed E-state index contributed by atoms with van der Waals surface area (Å²) in [5, 5.41) is 9.16. The molecule has 0 radical (unpaired) electrons. The molecule has 0 unspecified atom stereocenters. The average molecular weight is 469 g/mol. The number of benzene rings is 1. The third-order valence-electron chi connectivity index (χ3n) is 2.44. The van der Waals surface area contributed by atoms with E-state index in [2.05, 4.69) is 36.9 Å². The van der Waals surface area contributed by atoms with Crippen LogP contribution in [-0.2, 0) is 0 Å². The summed E-state index contributed by atoms with van der Waals surface area (Å²) in [6.45, 7) is 5.24. The molecule has 21 heavy (non-hydrogen) atoms. The maximum atomic E-state index is 11.9. The van der Waals surface area contributed by atoms with Crippen molar-refractivity contribution in [2.75, 3.05) is 20.1 Å². The number of halogens is 2. The van der Waals surface area contributed by atoms with Crippen molar-refractivity contribution in [2.24, 2.45) is 4.99 Å². The van der Waals surface area contributed by atoms with Gasteiger partial charge in [-0.05, 0) is 32.0 Å². The second-order valence-electron chi connectivity index (χ2n) is 4.56. The number of hydrogen-bond donors (Lipinski definition) is 3. The van der Waals surface area contributed by atoms with Gasteiger partial charge in [0.15, 0.2) is 5.96 Å². The van der Waals surface area contributed by atoms with Gasteiger partial charge in [0.25, 0.3) is 5.91 Å². The Bertz CT molecular complexity index is 480. The molecular weight excluding hydrogens is 447 g/mol. The highest BCUT2D eigenvalue weighted by Gasteiger charge is 2.05. The summed E-state index contributed by atoms with van der Waals surface area (Å²) in [4.78, 5) is 16.0. The monoisotopic (exact) mass is 468 g/mol. The number of rotatable bonds is 5. The standard InChI is InChI=1S/C14H21BrN4O.HI/c1-10(2)19-14(16-3)18-8-7-17-13(20)11-5-4-6-12(15)9-11;/h4-6,9-10H,7-8H2,1-3H3,(H,17,20)(H2,16,18,19);1H. The fourth-order valence-electron chi connectivity index (χ4n) is 1.56. The van der Waals surface area contributed by atoms with Gasteiger partial charge >= 0.3 is 0 Å². The molecule has 0 aliphatic rings. The number of aliphatic imine (C=N–C) groups is 1. The van der Waals surface area contributed by atoms with Crippen LogP contribution in [0, 0.1) is 0 Å². The summed E-state index contributed by atoms with van der Waals surface area (Å²) in [7, 11) is 1.72. The highest BCUT2D eigenvalue weighted by atomic mass is 127. The van der Waals surface area contributed by atoms with Crippen molar-refractivity contribution in [1.82, 2.24) is 16.0 Å². The van der Waals surface area contributed by atoms with Crippen LogP contribution in [-0.4, -0.2) is 38.0 Å². The number of carbonyl (C=O) groups is 1. The molecule has 0 saturated heterocycles. The zero-order chi connectivity index (χ0) is 15.0. The van der Waals surface area contributed by atoms with Crippen molar-refractivity contribution in [3.8, 4) is 0 Å². The lowest BCUT2D eigenvalue weighted by Gasteiger charge is -2.14. The van der Waals surface area contributed by atoms with Crippen LogP contribution in [0.4, 0.5) is 0 Å². The topological polar surface area (TPSA) is 65.5 Å². The Balaban J connectivity index is 0.00000400. The number of hydrogen-bond acceptors (Lipinski definition) is 2. The first kappa shape index (κ1) is 20.2. The molecular formula is C14H22BrIN4O.